The van der Waals surface area contributed by atoms with Gasteiger partial charge in [0.1, 0.15) is 11.6 Å². The minimum absolute atomic E-state index is 0.157. The number of hydrogen-bond acceptors (Lipinski definition) is 4. The molecule has 0 unspecified atom stereocenters. The van der Waals surface area contributed by atoms with Gasteiger partial charge in [-0.3, -0.25) is 9.69 Å². The highest BCUT2D eigenvalue weighted by molar-refractivity contribution is 7.99. The molecule has 33 heavy (non-hydrogen) atoms. The summed E-state index contributed by atoms with van der Waals surface area (Å²) in [5.74, 6) is 2.73. The largest absolute Gasteiger partial charge is 0.331 e. The Morgan fingerprint density at radius 1 is 1.12 bits per heavy atom. The van der Waals surface area contributed by atoms with Gasteiger partial charge in [-0.05, 0) is 48.7 Å². The first-order valence-corrected chi connectivity index (χ1v) is 13.1. The zero-order valence-electron chi connectivity index (χ0n) is 19.6. The molecule has 0 spiro atoms. The third-order valence-electron chi connectivity index (χ3n) is 6.03. The van der Waals surface area contributed by atoms with Gasteiger partial charge in [-0.1, -0.05) is 26.0 Å². The van der Waals surface area contributed by atoms with Crippen molar-refractivity contribution in [3.8, 4) is 0 Å². The first kappa shape index (κ1) is 23.8. The van der Waals surface area contributed by atoms with Crippen molar-refractivity contribution in [3.05, 3.63) is 65.2 Å². The molecule has 0 aliphatic carbocycles. The minimum Gasteiger partial charge on any atom is -0.331 e. The molecule has 5 nitrogen and oxygen atoms in total. The summed E-state index contributed by atoms with van der Waals surface area (Å²) in [5, 5.41) is 0. The molecule has 4 rings (SSSR count). The van der Waals surface area contributed by atoms with Gasteiger partial charge in [0.2, 0.25) is 0 Å². The second kappa shape index (κ2) is 11.2. The van der Waals surface area contributed by atoms with E-state index in [1.165, 1.54) is 29.2 Å². The molecule has 0 bridgehead atoms. The van der Waals surface area contributed by atoms with Crippen LogP contribution in [-0.4, -0.2) is 56.4 Å². The highest BCUT2D eigenvalue weighted by Crippen LogP contribution is 2.22. The maximum Gasteiger partial charge on any atom is 0.254 e. The summed E-state index contributed by atoms with van der Waals surface area (Å²) in [6.45, 7) is 9.28. The third kappa shape index (κ3) is 5.76. The van der Waals surface area contributed by atoms with Crippen LogP contribution < -0.4 is 0 Å². The summed E-state index contributed by atoms with van der Waals surface area (Å²) in [6.07, 6.45) is 1.81. The molecular formula is C26H33FN4OS. The summed E-state index contributed by atoms with van der Waals surface area (Å²) in [6, 6.07) is 12.5. The van der Waals surface area contributed by atoms with E-state index in [9.17, 15) is 9.18 Å². The number of aromatic nitrogens is 2. The molecule has 1 aliphatic rings. The lowest BCUT2D eigenvalue weighted by molar-refractivity contribution is 0.0736. The fraction of sp³-hybridized carbons (Fsp3) is 0.462. The average molecular weight is 469 g/mol. The van der Waals surface area contributed by atoms with Crippen molar-refractivity contribution in [1.29, 1.82) is 0 Å². The maximum absolute atomic E-state index is 13.7. The van der Waals surface area contributed by atoms with Crippen LogP contribution in [0, 0.1) is 5.82 Å². The van der Waals surface area contributed by atoms with Crippen molar-refractivity contribution in [2.75, 3.05) is 31.1 Å². The number of fused-ring (bicyclic) bond motifs is 1. The summed E-state index contributed by atoms with van der Waals surface area (Å²) >= 11 is 2.02. The van der Waals surface area contributed by atoms with Crippen molar-refractivity contribution in [1.82, 2.24) is 19.4 Å². The van der Waals surface area contributed by atoms with Crippen LogP contribution in [0.2, 0.25) is 0 Å². The van der Waals surface area contributed by atoms with Crippen molar-refractivity contribution in [2.45, 2.75) is 46.3 Å². The molecule has 1 fully saturated rings. The van der Waals surface area contributed by atoms with Gasteiger partial charge >= 0.3 is 0 Å². The number of aryl methyl sites for hydroxylation is 1. The Hall–Kier alpha value is -2.38. The SMILES string of the molecule is CCCN(Cc1nc2cc(CN3CCSCC3)ccc2n1CCC)C(=O)c1cccc(F)c1. The van der Waals surface area contributed by atoms with Gasteiger partial charge in [0, 0.05) is 49.8 Å². The van der Waals surface area contributed by atoms with Crippen LogP contribution in [0.25, 0.3) is 11.0 Å². The molecule has 0 N–H and O–H groups in total. The Bertz CT molecular complexity index is 1090. The lowest BCUT2D eigenvalue weighted by atomic mass is 10.2. The number of amides is 1. The predicted molar refractivity (Wildman–Crippen MR) is 134 cm³/mol. The fourth-order valence-electron chi connectivity index (χ4n) is 4.43. The lowest BCUT2D eigenvalue weighted by Gasteiger charge is -2.26. The molecule has 176 valence electrons. The van der Waals surface area contributed by atoms with Crippen LogP contribution in [0.5, 0.6) is 0 Å². The van der Waals surface area contributed by atoms with Crippen molar-refractivity contribution in [2.24, 2.45) is 0 Å². The molecule has 7 heteroatoms. The highest BCUT2D eigenvalue weighted by Gasteiger charge is 2.20. The first-order chi connectivity index (χ1) is 16.1. The standard InChI is InChI=1S/C26H33FN4OS/c1-3-10-30(26(32)21-6-5-7-22(27)17-21)19-25-28-23-16-20(18-29-12-14-33-15-13-29)8-9-24(23)31(25)11-4-2/h5-9,16-17H,3-4,10-15,18-19H2,1-2H3. The molecular weight excluding hydrogens is 435 g/mol. The third-order valence-corrected chi connectivity index (χ3v) is 6.98. The van der Waals surface area contributed by atoms with Crippen LogP contribution in [0.15, 0.2) is 42.5 Å². The molecule has 1 amide bonds. The van der Waals surface area contributed by atoms with Gasteiger partial charge in [0.25, 0.3) is 5.91 Å². The second-order valence-electron chi connectivity index (χ2n) is 8.63. The number of halogens is 1. The van der Waals surface area contributed by atoms with Crippen LogP contribution >= 0.6 is 11.8 Å². The van der Waals surface area contributed by atoms with Crippen LogP contribution in [0.3, 0.4) is 0 Å². The van der Waals surface area contributed by atoms with Crippen molar-refractivity contribution < 1.29 is 9.18 Å². The van der Waals surface area contributed by atoms with Crippen LogP contribution in [0.4, 0.5) is 4.39 Å². The van der Waals surface area contributed by atoms with E-state index in [1.807, 2.05) is 18.7 Å². The van der Waals surface area contributed by atoms with E-state index in [0.29, 0.717) is 18.7 Å². The smallest absolute Gasteiger partial charge is 0.254 e. The topological polar surface area (TPSA) is 41.4 Å². The van der Waals surface area contributed by atoms with E-state index in [0.717, 1.165) is 55.9 Å². The molecule has 1 aliphatic heterocycles. The summed E-state index contributed by atoms with van der Waals surface area (Å²) in [4.78, 5) is 22.4. The van der Waals surface area contributed by atoms with Gasteiger partial charge in [-0.25, -0.2) is 9.37 Å². The number of thioether (sulfide) groups is 1. The molecule has 0 radical (unpaired) electrons. The van der Waals surface area contributed by atoms with E-state index < -0.39 is 5.82 Å². The number of benzene rings is 2. The molecule has 2 heterocycles. The van der Waals surface area contributed by atoms with Crippen molar-refractivity contribution in [3.63, 3.8) is 0 Å². The summed E-state index contributed by atoms with van der Waals surface area (Å²) in [5.41, 5.74) is 3.75. The number of carbonyl (C=O) groups excluding carboxylic acids is 1. The normalized spacial score (nSPS) is 14.6. The molecule has 1 saturated heterocycles. The quantitative estimate of drug-likeness (QED) is 0.434. The Morgan fingerprint density at radius 3 is 2.67 bits per heavy atom. The second-order valence-corrected chi connectivity index (χ2v) is 9.85. The Balaban J connectivity index is 1.61. The van der Waals surface area contributed by atoms with Gasteiger partial charge in [0.15, 0.2) is 0 Å². The monoisotopic (exact) mass is 468 g/mol. The van der Waals surface area contributed by atoms with E-state index in [4.69, 9.17) is 4.98 Å². The first-order valence-electron chi connectivity index (χ1n) is 11.9. The predicted octanol–water partition coefficient (Wildman–Crippen LogP) is 5.19. The number of imidazole rings is 1. The Kier molecular flexibility index (Phi) is 8.04. The molecule has 1 aromatic heterocycles. The van der Waals surface area contributed by atoms with Gasteiger partial charge in [-0.2, -0.15) is 11.8 Å². The number of hydrogen-bond donors (Lipinski definition) is 0. The Labute approximate surface area is 200 Å². The Morgan fingerprint density at radius 2 is 1.94 bits per heavy atom. The van der Waals surface area contributed by atoms with Gasteiger partial charge in [-0.15, -0.1) is 0 Å². The minimum atomic E-state index is -0.393. The molecule has 3 aromatic rings. The van der Waals surface area contributed by atoms with Crippen LogP contribution in [0.1, 0.15) is 48.4 Å². The molecule has 0 saturated carbocycles. The van der Waals surface area contributed by atoms with Gasteiger partial charge < -0.3 is 9.47 Å². The summed E-state index contributed by atoms with van der Waals surface area (Å²) in [7, 11) is 0. The van der Waals surface area contributed by atoms with E-state index >= 15 is 0 Å². The van der Waals surface area contributed by atoms with Gasteiger partial charge in [0.05, 0.1) is 17.6 Å². The van der Waals surface area contributed by atoms with E-state index in [2.05, 4.69) is 34.6 Å². The van der Waals surface area contributed by atoms with E-state index in [-0.39, 0.29) is 5.91 Å². The molecule has 0 atom stereocenters. The van der Waals surface area contributed by atoms with Crippen LogP contribution in [-0.2, 0) is 19.6 Å². The highest BCUT2D eigenvalue weighted by atomic mass is 32.2. The zero-order chi connectivity index (χ0) is 23.2. The number of carbonyl (C=O) groups is 1. The zero-order valence-corrected chi connectivity index (χ0v) is 20.4. The fourth-order valence-corrected chi connectivity index (χ4v) is 5.41. The number of nitrogens with zero attached hydrogens (tertiary/aromatic N) is 4. The van der Waals surface area contributed by atoms with Crippen molar-refractivity contribution >= 4 is 28.7 Å². The summed E-state index contributed by atoms with van der Waals surface area (Å²) < 4.78 is 16.0. The van der Waals surface area contributed by atoms with E-state index in [1.54, 1.807) is 17.0 Å². The number of rotatable bonds is 9. The average Bonchev–Trinajstić information content (AvgIpc) is 3.15. The lowest BCUT2D eigenvalue weighted by Crippen LogP contribution is -2.32. The molecule has 2 aromatic carbocycles. The maximum atomic E-state index is 13.7.